The molecule has 0 fully saturated rings. The fourth-order valence-corrected chi connectivity index (χ4v) is 2.93. The van der Waals surface area contributed by atoms with Gasteiger partial charge in [-0.1, -0.05) is 19.1 Å². The molecule has 4 heteroatoms. The van der Waals surface area contributed by atoms with Crippen LogP contribution in [-0.2, 0) is 16.0 Å². The number of carbonyl (C=O) groups excluding carboxylic acids is 2. The number of hydrogen-bond acceptors (Lipinski definition) is 3. The van der Waals surface area contributed by atoms with Crippen LogP contribution in [0.5, 0.6) is 5.75 Å². The van der Waals surface area contributed by atoms with Crippen molar-refractivity contribution in [3.8, 4) is 5.75 Å². The topological polar surface area (TPSA) is 46.6 Å². The molecule has 0 bridgehead atoms. The van der Waals surface area contributed by atoms with E-state index in [0.717, 1.165) is 36.1 Å². The second kappa shape index (κ2) is 5.12. The fraction of sp³-hybridized carbons (Fsp3) is 0.375. The van der Waals surface area contributed by atoms with E-state index >= 15 is 0 Å². The zero-order chi connectivity index (χ0) is 14.1. The Hall–Kier alpha value is -2.10. The lowest BCUT2D eigenvalue weighted by Crippen LogP contribution is -2.33. The number of carbonyl (C=O) groups is 2. The van der Waals surface area contributed by atoms with Gasteiger partial charge in [0.25, 0.3) is 11.8 Å². The lowest BCUT2D eigenvalue weighted by atomic mass is 10.1. The predicted molar refractivity (Wildman–Crippen MR) is 74.3 cm³/mol. The van der Waals surface area contributed by atoms with Crippen LogP contribution in [0, 0.1) is 0 Å². The molecule has 1 heterocycles. The van der Waals surface area contributed by atoms with E-state index in [2.05, 4.69) is 6.92 Å². The summed E-state index contributed by atoms with van der Waals surface area (Å²) in [6.45, 7) is 2.75. The molecule has 2 amide bonds. The van der Waals surface area contributed by atoms with Crippen LogP contribution in [0.4, 0.5) is 0 Å². The molecule has 1 aliphatic heterocycles. The molecular formula is C16H17NO3. The Bertz CT molecular complexity index is 573. The molecule has 104 valence electrons. The number of hydrogen-bond donors (Lipinski definition) is 0. The Kier molecular flexibility index (Phi) is 3.30. The van der Waals surface area contributed by atoms with E-state index in [-0.39, 0.29) is 17.9 Å². The maximum Gasteiger partial charge on any atom is 0.254 e. The Morgan fingerprint density at radius 2 is 2.00 bits per heavy atom. The van der Waals surface area contributed by atoms with Gasteiger partial charge in [0, 0.05) is 12.2 Å². The average molecular weight is 271 g/mol. The molecule has 0 radical (unpaired) electrons. The first-order chi connectivity index (χ1) is 9.72. The Morgan fingerprint density at radius 3 is 2.70 bits per heavy atom. The minimum atomic E-state index is -0.215. The molecule has 2 aliphatic rings. The minimum Gasteiger partial charge on any atom is -0.493 e. The molecule has 4 nitrogen and oxygen atoms in total. The zero-order valence-corrected chi connectivity index (χ0v) is 11.5. The van der Waals surface area contributed by atoms with Gasteiger partial charge in [0.1, 0.15) is 5.75 Å². The van der Waals surface area contributed by atoms with Gasteiger partial charge in [0.2, 0.25) is 0 Å². The summed E-state index contributed by atoms with van der Waals surface area (Å²) in [5.41, 5.74) is 2.18. The van der Waals surface area contributed by atoms with Gasteiger partial charge in [-0.2, -0.15) is 0 Å². The quantitative estimate of drug-likeness (QED) is 0.790. The number of benzene rings is 1. The molecule has 0 N–H and O–H groups in total. The van der Waals surface area contributed by atoms with Crippen molar-refractivity contribution in [1.29, 1.82) is 0 Å². The van der Waals surface area contributed by atoms with Crippen molar-refractivity contribution in [3.63, 3.8) is 0 Å². The number of nitrogens with zero attached hydrogens (tertiary/aromatic N) is 1. The highest BCUT2D eigenvalue weighted by molar-refractivity contribution is 6.13. The molecular weight excluding hydrogens is 254 g/mol. The van der Waals surface area contributed by atoms with Crippen LogP contribution in [0.25, 0.3) is 0 Å². The number of imide groups is 1. The maximum atomic E-state index is 11.8. The third kappa shape index (κ3) is 2.01. The molecule has 0 spiro atoms. The summed E-state index contributed by atoms with van der Waals surface area (Å²) in [6.07, 6.45) is 5.27. The summed E-state index contributed by atoms with van der Waals surface area (Å²) in [7, 11) is 0. The van der Waals surface area contributed by atoms with Crippen molar-refractivity contribution in [2.24, 2.45) is 0 Å². The highest BCUT2D eigenvalue weighted by Gasteiger charge is 2.37. The average Bonchev–Trinajstić information content (AvgIpc) is 3.00. The van der Waals surface area contributed by atoms with Crippen LogP contribution in [0.2, 0.25) is 0 Å². The second-order valence-electron chi connectivity index (χ2n) is 5.11. The van der Waals surface area contributed by atoms with E-state index in [1.807, 2.05) is 18.2 Å². The summed E-state index contributed by atoms with van der Waals surface area (Å²) in [6, 6.07) is 5.73. The zero-order valence-electron chi connectivity index (χ0n) is 11.5. The molecule has 3 rings (SSSR count). The predicted octanol–water partition coefficient (Wildman–Crippen LogP) is 2.39. The summed E-state index contributed by atoms with van der Waals surface area (Å²) in [4.78, 5) is 25.0. The van der Waals surface area contributed by atoms with Crippen molar-refractivity contribution in [2.45, 2.75) is 32.2 Å². The number of rotatable bonds is 4. The minimum absolute atomic E-state index is 0.148. The molecule has 20 heavy (non-hydrogen) atoms. The van der Waals surface area contributed by atoms with Crippen molar-refractivity contribution in [2.75, 3.05) is 6.61 Å². The van der Waals surface area contributed by atoms with Gasteiger partial charge in [-0.15, -0.1) is 0 Å². The Labute approximate surface area is 118 Å². The van der Waals surface area contributed by atoms with Crippen LogP contribution in [0.3, 0.4) is 0 Å². The fourth-order valence-electron chi connectivity index (χ4n) is 2.93. The highest BCUT2D eigenvalue weighted by Crippen LogP contribution is 2.41. The van der Waals surface area contributed by atoms with Crippen LogP contribution in [-0.4, -0.2) is 23.3 Å². The highest BCUT2D eigenvalue weighted by atomic mass is 16.5. The van der Waals surface area contributed by atoms with Crippen LogP contribution in [0.15, 0.2) is 30.4 Å². The molecule has 0 unspecified atom stereocenters. The molecule has 0 saturated heterocycles. The molecule has 1 aliphatic carbocycles. The Balaban J connectivity index is 1.91. The summed E-state index contributed by atoms with van der Waals surface area (Å²) in [5.74, 6) is 0.458. The van der Waals surface area contributed by atoms with E-state index in [1.54, 1.807) is 0 Å². The van der Waals surface area contributed by atoms with Crippen LogP contribution in [0.1, 0.15) is 36.9 Å². The van der Waals surface area contributed by atoms with Gasteiger partial charge in [-0.05, 0) is 36.5 Å². The number of amides is 2. The van der Waals surface area contributed by atoms with Gasteiger partial charge in [-0.3, -0.25) is 14.5 Å². The van der Waals surface area contributed by atoms with Crippen LogP contribution >= 0.6 is 0 Å². The van der Waals surface area contributed by atoms with Crippen molar-refractivity contribution < 1.29 is 14.3 Å². The lowest BCUT2D eigenvalue weighted by molar-refractivity contribution is -0.139. The van der Waals surface area contributed by atoms with E-state index in [9.17, 15) is 9.59 Å². The van der Waals surface area contributed by atoms with Crippen LogP contribution < -0.4 is 4.74 Å². The summed E-state index contributed by atoms with van der Waals surface area (Å²) < 4.78 is 5.76. The third-order valence-electron chi connectivity index (χ3n) is 3.81. The molecule has 0 saturated carbocycles. The van der Waals surface area contributed by atoms with E-state index in [0.29, 0.717) is 6.61 Å². The molecule has 1 aromatic carbocycles. The van der Waals surface area contributed by atoms with E-state index in [4.69, 9.17) is 4.74 Å². The molecule has 0 aromatic heterocycles. The second-order valence-corrected chi connectivity index (χ2v) is 5.11. The van der Waals surface area contributed by atoms with Gasteiger partial charge < -0.3 is 4.74 Å². The third-order valence-corrected chi connectivity index (χ3v) is 3.81. The summed E-state index contributed by atoms with van der Waals surface area (Å²) >= 11 is 0. The van der Waals surface area contributed by atoms with Crippen molar-refractivity contribution >= 4 is 11.8 Å². The first-order valence-electron chi connectivity index (χ1n) is 7.02. The Morgan fingerprint density at radius 1 is 1.25 bits per heavy atom. The first-order valence-corrected chi connectivity index (χ1v) is 7.02. The first kappa shape index (κ1) is 12.9. The normalized spacial score (nSPS) is 20.6. The standard InChI is InChI=1S/C16H17NO3/c1-2-10-20-14-5-3-4-11-12(14)6-7-13(11)17-15(18)8-9-16(17)19/h3-5,8-9,13H,2,6-7,10H2,1H3/t13-/m0/s1. The monoisotopic (exact) mass is 271 g/mol. The van der Waals surface area contributed by atoms with E-state index in [1.165, 1.54) is 17.1 Å². The van der Waals surface area contributed by atoms with Gasteiger partial charge >= 0.3 is 0 Å². The number of ether oxygens (including phenoxy) is 1. The van der Waals surface area contributed by atoms with Gasteiger partial charge in [0.15, 0.2) is 0 Å². The SMILES string of the molecule is CCCOc1cccc2c1CC[C@@H]2N1C(=O)C=CC1=O. The number of fused-ring (bicyclic) bond motifs is 1. The van der Waals surface area contributed by atoms with Crippen molar-refractivity contribution in [3.05, 3.63) is 41.5 Å². The van der Waals surface area contributed by atoms with Crippen molar-refractivity contribution in [1.82, 2.24) is 4.90 Å². The molecule has 1 aromatic rings. The smallest absolute Gasteiger partial charge is 0.254 e. The summed E-state index contributed by atoms with van der Waals surface area (Å²) in [5, 5.41) is 0. The largest absolute Gasteiger partial charge is 0.493 e. The van der Waals surface area contributed by atoms with Gasteiger partial charge in [0.05, 0.1) is 12.6 Å². The maximum absolute atomic E-state index is 11.8. The van der Waals surface area contributed by atoms with Gasteiger partial charge in [-0.25, -0.2) is 0 Å². The molecule has 1 atom stereocenters. The lowest BCUT2D eigenvalue weighted by Gasteiger charge is -2.23. The van der Waals surface area contributed by atoms with E-state index < -0.39 is 0 Å².